The Kier molecular flexibility index (Phi) is 5.27. The molecular weight excluding hydrogens is 252 g/mol. The molecule has 1 saturated heterocycles. The van der Waals surface area contributed by atoms with E-state index in [1.165, 1.54) is 12.8 Å². The first-order valence-electron chi connectivity index (χ1n) is 7.50. The Hall–Kier alpha value is -1.71. The fraction of sp³-hybridized carbons (Fsp3) is 0.562. The van der Waals surface area contributed by atoms with Crippen molar-refractivity contribution in [2.24, 2.45) is 5.92 Å². The number of phenols is 1. The molecule has 4 heteroatoms. The molecular formula is C16H24N2O2. The minimum atomic E-state index is -0.0248. The molecule has 0 aromatic heterocycles. The van der Waals surface area contributed by atoms with Crippen molar-refractivity contribution in [1.82, 2.24) is 10.2 Å². The van der Waals surface area contributed by atoms with Gasteiger partial charge in [0.1, 0.15) is 5.75 Å². The maximum absolute atomic E-state index is 12.1. The maximum Gasteiger partial charge on any atom is 0.317 e. The van der Waals surface area contributed by atoms with E-state index < -0.39 is 0 Å². The number of piperidine rings is 1. The van der Waals surface area contributed by atoms with E-state index in [-0.39, 0.29) is 11.8 Å². The quantitative estimate of drug-likeness (QED) is 0.887. The number of nitrogens with zero attached hydrogens (tertiary/aromatic N) is 1. The molecule has 1 aromatic rings. The van der Waals surface area contributed by atoms with Gasteiger partial charge in [0.15, 0.2) is 0 Å². The van der Waals surface area contributed by atoms with E-state index in [0.29, 0.717) is 6.54 Å². The number of carbonyl (C=O) groups is 1. The summed E-state index contributed by atoms with van der Waals surface area (Å²) >= 11 is 0. The smallest absolute Gasteiger partial charge is 0.317 e. The molecule has 1 aromatic carbocycles. The van der Waals surface area contributed by atoms with E-state index in [1.807, 2.05) is 17.0 Å². The summed E-state index contributed by atoms with van der Waals surface area (Å²) in [5.41, 5.74) is 0.752. The number of aromatic hydroxyl groups is 1. The number of urea groups is 1. The summed E-state index contributed by atoms with van der Waals surface area (Å²) in [7, 11) is 0. The summed E-state index contributed by atoms with van der Waals surface area (Å²) in [6, 6.07) is 7.07. The van der Waals surface area contributed by atoms with Gasteiger partial charge in [-0.1, -0.05) is 38.0 Å². The van der Waals surface area contributed by atoms with Crippen LogP contribution in [0.15, 0.2) is 24.3 Å². The first-order valence-corrected chi connectivity index (χ1v) is 7.50. The van der Waals surface area contributed by atoms with Gasteiger partial charge >= 0.3 is 6.03 Å². The van der Waals surface area contributed by atoms with Crippen LogP contribution in [0.2, 0.25) is 0 Å². The molecule has 110 valence electrons. The molecule has 2 rings (SSSR count). The standard InChI is InChI=1S/C16H24N2O2/c1-2-5-13-8-10-18(11-9-13)16(20)17-12-14-6-3-4-7-15(14)19/h3-4,6-7,13,19H,2,5,8-12H2,1H3,(H,17,20). The molecule has 1 fully saturated rings. The van der Waals surface area contributed by atoms with Crippen LogP contribution >= 0.6 is 0 Å². The largest absolute Gasteiger partial charge is 0.508 e. The molecule has 2 amide bonds. The van der Waals surface area contributed by atoms with Crippen LogP contribution in [0, 0.1) is 5.92 Å². The Morgan fingerprint density at radius 2 is 2.05 bits per heavy atom. The predicted octanol–water partition coefficient (Wildman–Crippen LogP) is 3.11. The lowest BCUT2D eigenvalue weighted by molar-refractivity contribution is 0.167. The van der Waals surface area contributed by atoms with Crippen LogP contribution in [-0.4, -0.2) is 29.1 Å². The molecule has 1 aliphatic rings. The van der Waals surface area contributed by atoms with Gasteiger partial charge in [-0.15, -0.1) is 0 Å². The molecule has 0 spiro atoms. The predicted molar refractivity (Wildman–Crippen MR) is 79.5 cm³/mol. The molecule has 4 nitrogen and oxygen atoms in total. The number of benzene rings is 1. The zero-order valence-electron chi connectivity index (χ0n) is 12.1. The third-order valence-electron chi connectivity index (χ3n) is 4.02. The van der Waals surface area contributed by atoms with E-state index in [4.69, 9.17) is 0 Å². The number of rotatable bonds is 4. The molecule has 0 aliphatic carbocycles. The Morgan fingerprint density at radius 1 is 1.35 bits per heavy atom. The number of para-hydroxylation sites is 1. The summed E-state index contributed by atoms with van der Waals surface area (Å²) in [5.74, 6) is 1.01. The number of likely N-dealkylation sites (tertiary alicyclic amines) is 1. The third-order valence-corrected chi connectivity index (χ3v) is 4.02. The number of phenolic OH excluding ortho intramolecular Hbond substituents is 1. The lowest BCUT2D eigenvalue weighted by Gasteiger charge is -2.32. The lowest BCUT2D eigenvalue weighted by Crippen LogP contribution is -2.44. The highest BCUT2D eigenvalue weighted by atomic mass is 16.3. The molecule has 0 bridgehead atoms. The van der Waals surface area contributed by atoms with E-state index in [2.05, 4.69) is 12.2 Å². The van der Waals surface area contributed by atoms with Crippen LogP contribution in [0.25, 0.3) is 0 Å². The number of hydrogen-bond acceptors (Lipinski definition) is 2. The van der Waals surface area contributed by atoms with Gasteiger partial charge in [-0.05, 0) is 24.8 Å². The van der Waals surface area contributed by atoms with Crippen molar-refractivity contribution in [2.75, 3.05) is 13.1 Å². The highest BCUT2D eigenvalue weighted by Gasteiger charge is 2.21. The molecule has 0 radical (unpaired) electrons. The third kappa shape index (κ3) is 3.89. The van der Waals surface area contributed by atoms with Crippen LogP contribution in [0.4, 0.5) is 4.79 Å². The normalized spacial score (nSPS) is 16.1. The van der Waals surface area contributed by atoms with Gasteiger partial charge in [-0.3, -0.25) is 0 Å². The van der Waals surface area contributed by atoms with Crippen LogP contribution < -0.4 is 5.32 Å². The summed E-state index contributed by atoms with van der Waals surface area (Å²) in [5, 5.41) is 12.5. The summed E-state index contributed by atoms with van der Waals surface area (Å²) < 4.78 is 0. The minimum absolute atomic E-state index is 0.0248. The van der Waals surface area contributed by atoms with Gasteiger partial charge in [0, 0.05) is 25.2 Å². The highest BCUT2D eigenvalue weighted by molar-refractivity contribution is 5.74. The molecule has 0 saturated carbocycles. The van der Waals surface area contributed by atoms with Gasteiger partial charge in [0.05, 0.1) is 0 Å². The van der Waals surface area contributed by atoms with Crippen molar-refractivity contribution in [1.29, 1.82) is 0 Å². The first kappa shape index (κ1) is 14.7. The zero-order chi connectivity index (χ0) is 14.4. The van der Waals surface area contributed by atoms with E-state index >= 15 is 0 Å². The van der Waals surface area contributed by atoms with Crippen molar-refractivity contribution in [3.63, 3.8) is 0 Å². The van der Waals surface area contributed by atoms with Crippen LogP contribution in [-0.2, 0) is 6.54 Å². The average Bonchev–Trinajstić information content (AvgIpc) is 2.47. The van der Waals surface area contributed by atoms with Gasteiger partial charge in [0.2, 0.25) is 0 Å². The Balaban J connectivity index is 1.77. The van der Waals surface area contributed by atoms with Crippen LogP contribution in [0.5, 0.6) is 5.75 Å². The van der Waals surface area contributed by atoms with E-state index in [0.717, 1.165) is 37.4 Å². The second-order valence-corrected chi connectivity index (χ2v) is 5.51. The van der Waals surface area contributed by atoms with Crippen LogP contribution in [0.1, 0.15) is 38.2 Å². The molecule has 0 unspecified atom stereocenters. The zero-order valence-corrected chi connectivity index (χ0v) is 12.1. The first-order chi connectivity index (χ1) is 9.70. The molecule has 2 N–H and O–H groups in total. The number of nitrogens with one attached hydrogen (secondary N) is 1. The van der Waals surface area contributed by atoms with Crippen molar-refractivity contribution in [3.05, 3.63) is 29.8 Å². The van der Waals surface area contributed by atoms with Gasteiger partial charge in [-0.2, -0.15) is 0 Å². The van der Waals surface area contributed by atoms with Gasteiger partial charge < -0.3 is 15.3 Å². The van der Waals surface area contributed by atoms with Gasteiger partial charge in [-0.25, -0.2) is 4.79 Å². The second kappa shape index (κ2) is 7.17. The lowest BCUT2D eigenvalue weighted by atomic mass is 9.93. The van der Waals surface area contributed by atoms with E-state index in [1.54, 1.807) is 12.1 Å². The molecule has 1 aliphatic heterocycles. The number of carbonyl (C=O) groups excluding carboxylic acids is 1. The van der Waals surface area contributed by atoms with Crippen LogP contribution in [0.3, 0.4) is 0 Å². The monoisotopic (exact) mass is 276 g/mol. The Bertz CT molecular complexity index is 440. The fourth-order valence-corrected chi connectivity index (χ4v) is 2.78. The Labute approximate surface area is 120 Å². The van der Waals surface area contributed by atoms with Crippen molar-refractivity contribution in [2.45, 2.75) is 39.2 Å². The van der Waals surface area contributed by atoms with Crippen molar-refractivity contribution < 1.29 is 9.90 Å². The van der Waals surface area contributed by atoms with Crippen molar-refractivity contribution in [3.8, 4) is 5.75 Å². The summed E-state index contributed by atoms with van der Waals surface area (Å²) in [6.07, 6.45) is 4.72. The van der Waals surface area contributed by atoms with Crippen molar-refractivity contribution >= 4 is 6.03 Å². The second-order valence-electron chi connectivity index (χ2n) is 5.51. The average molecular weight is 276 g/mol. The maximum atomic E-state index is 12.1. The van der Waals surface area contributed by atoms with E-state index in [9.17, 15) is 9.90 Å². The minimum Gasteiger partial charge on any atom is -0.508 e. The molecule has 20 heavy (non-hydrogen) atoms. The highest BCUT2D eigenvalue weighted by Crippen LogP contribution is 2.21. The molecule has 0 atom stereocenters. The molecule has 1 heterocycles. The van der Waals surface area contributed by atoms with Gasteiger partial charge in [0.25, 0.3) is 0 Å². The topological polar surface area (TPSA) is 52.6 Å². The number of hydrogen-bond donors (Lipinski definition) is 2. The SMILES string of the molecule is CCCC1CCN(C(=O)NCc2ccccc2O)CC1. The Morgan fingerprint density at radius 3 is 2.70 bits per heavy atom. The fourth-order valence-electron chi connectivity index (χ4n) is 2.78. The summed E-state index contributed by atoms with van der Waals surface area (Å²) in [4.78, 5) is 14.0. The summed E-state index contributed by atoms with van der Waals surface area (Å²) in [6.45, 7) is 4.28. The number of amides is 2.